The average molecular weight is 290 g/mol. The van der Waals surface area contributed by atoms with E-state index in [0.717, 1.165) is 43.1 Å². The van der Waals surface area contributed by atoms with E-state index in [0.29, 0.717) is 0 Å². The largest absolute Gasteiger partial charge is 0.441 e. The number of thioether (sulfide) groups is 1. The van der Waals surface area contributed by atoms with E-state index in [1.54, 1.807) is 11.8 Å². The molecule has 0 saturated heterocycles. The predicted molar refractivity (Wildman–Crippen MR) is 85.2 cm³/mol. The number of rotatable bonds is 8. The number of nitrogens with zero attached hydrogens (tertiary/aromatic N) is 1. The summed E-state index contributed by atoms with van der Waals surface area (Å²) < 4.78 is 5.87. The van der Waals surface area contributed by atoms with Crippen molar-refractivity contribution in [2.45, 2.75) is 31.1 Å². The molecule has 0 saturated carbocycles. The summed E-state index contributed by atoms with van der Waals surface area (Å²) in [6, 6.07) is 8.27. The van der Waals surface area contributed by atoms with Crippen LogP contribution in [0.4, 0.5) is 0 Å². The van der Waals surface area contributed by atoms with E-state index in [1.165, 1.54) is 11.3 Å². The van der Waals surface area contributed by atoms with Gasteiger partial charge in [-0.25, -0.2) is 4.98 Å². The Morgan fingerprint density at radius 2 is 2.10 bits per heavy atom. The number of hydrogen-bond acceptors (Lipinski definition) is 4. The van der Waals surface area contributed by atoms with Crippen molar-refractivity contribution in [3.8, 4) is 11.3 Å². The highest BCUT2D eigenvalue weighted by atomic mass is 32.2. The van der Waals surface area contributed by atoms with Crippen molar-refractivity contribution in [2.75, 3.05) is 19.3 Å². The molecule has 3 nitrogen and oxygen atoms in total. The molecular weight excluding hydrogens is 268 g/mol. The van der Waals surface area contributed by atoms with Gasteiger partial charge in [-0.1, -0.05) is 25.1 Å². The first kappa shape index (κ1) is 15.1. The zero-order valence-electron chi connectivity index (χ0n) is 12.2. The second-order valence-electron chi connectivity index (χ2n) is 4.67. The Kier molecular flexibility index (Phi) is 6.15. The quantitative estimate of drug-likeness (QED) is 0.589. The summed E-state index contributed by atoms with van der Waals surface area (Å²) >= 11 is 1.73. The molecule has 1 aromatic heterocycles. The standard InChI is InChI=1S/C16H22N2OS/c1-3-10-17-11-6-9-16-18-12-14(19-16)13-7-4-5-8-15(13)20-2/h4-5,7-8,12,17H,3,6,9-11H2,1-2H3. The number of oxazole rings is 1. The van der Waals surface area contributed by atoms with Crippen LogP contribution >= 0.6 is 11.8 Å². The zero-order chi connectivity index (χ0) is 14.2. The molecule has 0 unspecified atom stereocenters. The van der Waals surface area contributed by atoms with Crippen LogP contribution in [0.1, 0.15) is 25.7 Å². The summed E-state index contributed by atoms with van der Waals surface area (Å²) in [5.74, 6) is 1.70. The first-order valence-electron chi connectivity index (χ1n) is 7.14. The van der Waals surface area contributed by atoms with Crippen molar-refractivity contribution < 1.29 is 4.42 Å². The van der Waals surface area contributed by atoms with Gasteiger partial charge >= 0.3 is 0 Å². The molecule has 0 aliphatic rings. The van der Waals surface area contributed by atoms with Crippen molar-refractivity contribution in [1.82, 2.24) is 10.3 Å². The van der Waals surface area contributed by atoms with Gasteiger partial charge in [0.15, 0.2) is 11.7 Å². The Morgan fingerprint density at radius 3 is 2.90 bits per heavy atom. The minimum absolute atomic E-state index is 0.828. The van der Waals surface area contributed by atoms with Crippen molar-refractivity contribution in [3.63, 3.8) is 0 Å². The Bertz CT molecular complexity index is 525. The third kappa shape index (κ3) is 4.12. The van der Waals surface area contributed by atoms with Crippen LogP contribution in [0.5, 0.6) is 0 Å². The molecule has 1 aromatic carbocycles. The average Bonchev–Trinajstić information content (AvgIpc) is 2.95. The molecule has 0 bridgehead atoms. The molecule has 1 N–H and O–H groups in total. The van der Waals surface area contributed by atoms with Crippen molar-refractivity contribution >= 4 is 11.8 Å². The fraction of sp³-hybridized carbons (Fsp3) is 0.438. The number of aryl methyl sites for hydroxylation is 1. The lowest BCUT2D eigenvalue weighted by atomic mass is 10.2. The molecule has 0 fully saturated rings. The van der Waals surface area contributed by atoms with Crippen LogP contribution in [0.25, 0.3) is 11.3 Å². The SMILES string of the molecule is CCCNCCCc1ncc(-c2ccccc2SC)o1. The lowest BCUT2D eigenvalue weighted by Crippen LogP contribution is -2.16. The topological polar surface area (TPSA) is 38.1 Å². The van der Waals surface area contributed by atoms with Gasteiger partial charge in [0, 0.05) is 16.9 Å². The number of nitrogens with one attached hydrogen (secondary N) is 1. The van der Waals surface area contributed by atoms with Crippen LogP contribution < -0.4 is 5.32 Å². The monoisotopic (exact) mass is 290 g/mol. The second kappa shape index (κ2) is 8.12. The molecule has 0 radical (unpaired) electrons. The lowest BCUT2D eigenvalue weighted by molar-refractivity contribution is 0.491. The van der Waals surface area contributed by atoms with Gasteiger partial charge in [-0.2, -0.15) is 0 Å². The highest BCUT2D eigenvalue weighted by Crippen LogP contribution is 2.30. The first-order valence-corrected chi connectivity index (χ1v) is 8.36. The van der Waals surface area contributed by atoms with E-state index >= 15 is 0 Å². The molecule has 0 aliphatic carbocycles. The van der Waals surface area contributed by atoms with Crippen LogP contribution in [0, 0.1) is 0 Å². The van der Waals surface area contributed by atoms with Crippen molar-refractivity contribution in [3.05, 3.63) is 36.4 Å². The van der Waals surface area contributed by atoms with E-state index < -0.39 is 0 Å². The summed E-state index contributed by atoms with van der Waals surface area (Å²) in [5, 5.41) is 3.39. The lowest BCUT2D eigenvalue weighted by Gasteiger charge is -2.03. The number of aromatic nitrogens is 1. The Balaban J connectivity index is 1.95. The van der Waals surface area contributed by atoms with Gasteiger partial charge in [-0.05, 0) is 38.3 Å². The van der Waals surface area contributed by atoms with Crippen LogP contribution in [0.15, 0.2) is 39.8 Å². The maximum Gasteiger partial charge on any atom is 0.194 e. The maximum atomic E-state index is 5.87. The maximum absolute atomic E-state index is 5.87. The number of benzene rings is 1. The molecule has 0 spiro atoms. The van der Waals surface area contributed by atoms with Gasteiger partial charge in [0.2, 0.25) is 0 Å². The van der Waals surface area contributed by atoms with Crippen molar-refractivity contribution in [1.29, 1.82) is 0 Å². The number of hydrogen-bond donors (Lipinski definition) is 1. The van der Waals surface area contributed by atoms with Crippen LogP contribution in [-0.4, -0.2) is 24.3 Å². The molecule has 20 heavy (non-hydrogen) atoms. The second-order valence-corrected chi connectivity index (χ2v) is 5.52. The van der Waals surface area contributed by atoms with E-state index in [4.69, 9.17) is 4.42 Å². The molecule has 2 rings (SSSR count). The summed E-state index contributed by atoms with van der Waals surface area (Å²) in [4.78, 5) is 5.60. The normalized spacial score (nSPS) is 10.9. The Hall–Kier alpha value is -1.26. The van der Waals surface area contributed by atoms with E-state index in [2.05, 4.69) is 35.6 Å². The summed E-state index contributed by atoms with van der Waals surface area (Å²) in [6.45, 7) is 4.28. The van der Waals surface area contributed by atoms with Crippen molar-refractivity contribution in [2.24, 2.45) is 0 Å². The molecule has 0 amide bonds. The Labute approximate surface area is 125 Å². The van der Waals surface area contributed by atoms with Crippen LogP contribution in [-0.2, 0) is 6.42 Å². The summed E-state index contributed by atoms with van der Waals surface area (Å²) in [5.41, 5.74) is 1.13. The van der Waals surface area contributed by atoms with E-state index in [9.17, 15) is 0 Å². The van der Waals surface area contributed by atoms with Gasteiger partial charge in [0.05, 0.1) is 6.20 Å². The van der Waals surface area contributed by atoms with E-state index in [-0.39, 0.29) is 0 Å². The zero-order valence-corrected chi connectivity index (χ0v) is 13.0. The van der Waals surface area contributed by atoms with Crippen LogP contribution in [0.3, 0.4) is 0 Å². The fourth-order valence-corrected chi connectivity index (χ4v) is 2.67. The summed E-state index contributed by atoms with van der Waals surface area (Å²) in [7, 11) is 0. The predicted octanol–water partition coefficient (Wildman–Crippen LogP) is 4.00. The fourth-order valence-electron chi connectivity index (χ4n) is 2.06. The smallest absolute Gasteiger partial charge is 0.194 e. The third-order valence-corrected chi connectivity index (χ3v) is 3.89. The molecule has 2 aromatic rings. The van der Waals surface area contributed by atoms with Gasteiger partial charge in [0.25, 0.3) is 0 Å². The Morgan fingerprint density at radius 1 is 1.25 bits per heavy atom. The van der Waals surface area contributed by atoms with E-state index in [1.807, 2.05) is 18.3 Å². The molecule has 0 aliphatic heterocycles. The molecule has 4 heteroatoms. The van der Waals surface area contributed by atoms with Gasteiger partial charge in [-0.15, -0.1) is 11.8 Å². The highest BCUT2D eigenvalue weighted by Gasteiger charge is 2.09. The van der Waals surface area contributed by atoms with Gasteiger partial charge < -0.3 is 9.73 Å². The minimum atomic E-state index is 0.828. The van der Waals surface area contributed by atoms with Crippen LogP contribution in [0.2, 0.25) is 0 Å². The first-order chi connectivity index (χ1) is 9.85. The molecule has 0 atom stereocenters. The molecule has 1 heterocycles. The molecular formula is C16H22N2OS. The summed E-state index contributed by atoms with van der Waals surface area (Å²) in [6.07, 6.45) is 7.04. The minimum Gasteiger partial charge on any atom is -0.441 e. The highest BCUT2D eigenvalue weighted by molar-refractivity contribution is 7.98. The third-order valence-electron chi connectivity index (χ3n) is 3.10. The molecule has 108 valence electrons. The van der Waals surface area contributed by atoms with Gasteiger partial charge in [-0.3, -0.25) is 0 Å². The van der Waals surface area contributed by atoms with Gasteiger partial charge in [0.1, 0.15) is 0 Å².